The molecule has 0 unspecified atom stereocenters. The topological polar surface area (TPSA) is 183 Å². The molecule has 0 fully saturated rings. The average molecular weight is 317 g/mol. The predicted molar refractivity (Wildman–Crippen MR) is 37.4 cm³/mol. The summed E-state index contributed by atoms with van der Waals surface area (Å²) < 4.78 is 0. The van der Waals surface area contributed by atoms with E-state index in [1.807, 2.05) is 0 Å². The van der Waals surface area contributed by atoms with E-state index in [0.29, 0.717) is 0 Å². The van der Waals surface area contributed by atoms with Crippen LogP contribution in [0.5, 0.6) is 0 Å². The molecule has 0 aromatic rings. The molecule has 0 heterocycles. The van der Waals surface area contributed by atoms with Gasteiger partial charge in [-0.15, -0.1) is 0 Å². The first-order valence-electron chi connectivity index (χ1n) is 4.13. The Labute approximate surface area is 107 Å². The van der Waals surface area contributed by atoms with E-state index in [2.05, 4.69) is 65.2 Å². The summed E-state index contributed by atoms with van der Waals surface area (Å²) in [7, 11) is 0. The third-order valence-electron chi connectivity index (χ3n) is 0.865. The van der Waals surface area contributed by atoms with E-state index in [0.717, 1.165) is 0 Å². The summed E-state index contributed by atoms with van der Waals surface area (Å²) in [5.41, 5.74) is 0. The van der Waals surface area contributed by atoms with Gasteiger partial charge in [0.2, 0.25) is 0 Å². The Balaban J connectivity index is 2.92. The largest absolute Gasteiger partial charge is 0.219 e. The molecule has 0 rings (SSSR count). The summed E-state index contributed by atoms with van der Waals surface area (Å²) in [5.74, 6) is 0. The summed E-state index contributed by atoms with van der Waals surface area (Å²) in [4.78, 5) is 8.49. The average Bonchev–Trinajstić information content (AvgIpc) is 2.43. The highest BCUT2D eigenvalue weighted by Crippen LogP contribution is 1.93. The third-order valence-corrected chi connectivity index (χ3v) is 0.865. The van der Waals surface area contributed by atoms with Crippen molar-refractivity contribution in [3.05, 3.63) is 0 Å². The van der Waals surface area contributed by atoms with Crippen LogP contribution in [0.1, 0.15) is 6.42 Å². The van der Waals surface area contributed by atoms with E-state index in [4.69, 9.17) is 15.8 Å². The van der Waals surface area contributed by atoms with E-state index >= 15 is 0 Å². The first-order chi connectivity index (χ1) is 9.77. The summed E-state index contributed by atoms with van der Waals surface area (Å²) in [5, 5.41) is 61.8. The van der Waals surface area contributed by atoms with Gasteiger partial charge in [0.05, 0.1) is 13.2 Å². The Bertz CT molecular complexity index is 172. The lowest BCUT2D eigenvalue weighted by Gasteiger charge is -2.00. The fourth-order valence-electron chi connectivity index (χ4n) is 0.399. The van der Waals surface area contributed by atoms with Crippen LogP contribution < -0.4 is 0 Å². The van der Waals surface area contributed by atoms with Gasteiger partial charge < -0.3 is 0 Å². The van der Waals surface area contributed by atoms with Crippen molar-refractivity contribution in [1.29, 1.82) is 0 Å². The molecular formula is C3H9O17+. The van der Waals surface area contributed by atoms with Crippen molar-refractivity contribution in [3.63, 3.8) is 0 Å². The SMILES string of the molecule is OOOOOOOOOOOOCCCOO[O+](O)O. The Kier molecular flexibility index (Phi) is 15.8. The Morgan fingerprint density at radius 1 is 0.650 bits per heavy atom. The molecule has 0 radical (unpaired) electrons. The van der Waals surface area contributed by atoms with Gasteiger partial charge in [-0.2, -0.15) is 4.89 Å². The molecule has 0 saturated carbocycles. The summed E-state index contributed by atoms with van der Waals surface area (Å²) in [6, 6.07) is 0. The lowest BCUT2D eigenvalue weighted by Crippen LogP contribution is -2.09. The van der Waals surface area contributed by atoms with E-state index < -0.39 is 0 Å². The maximum absolute atomic E-state index is 7.95. The second-order valence-corrected chi connectivity index (χ2v) is 1.98. The van der Waals surface area contributed by atoms with Crippen LogP contribution in [0.3, 0.4) is 0 Å². The Morgan fingerprint density at radius 2 is 1.15 bits per heavy atom. The van der Waals surface area contributed by atoms with E-state index in [1.54, 1.807) is 0 Å². The molecule has 17 heteroatoms. The van der Waals surface area contributed by atoms with Crippen LogP contribution >= 0.6 is 0 Å². The van der Waals surface area contributed by atoms with Gasteiger partial charge in [-0.1, -0.05) is 0 Å². The van der Waals surface area contributed by atoms with Crippen molar-refractivity contribution in [3.8, 4) is 0 Å². The van der Waals surface area contributed by atoms with Crippen LogP contribution in [0.4, 0.5) is 0 Å². The molecule has 17 nitrogen and oxygen atoms in total. The normalized spacial score (nSPS) is 11.4. The molecule has 0 aromatic heterocycles. The predicted octanol–water partition coefficient (Wildman–Crippen LogP) is -0.456. The minimum atomic E-state index is -0.0841. The van der Waals surface area contributed by atoms with Crippen LogP contribution in [0.2, 0.25) is 0 Å². The van der Waals surface area contributed by atoms with Crippen LogP contribution in [-0.4, -0.2) is 29.0 Å². The smallest absolute Gasteiger partial charge is 0.164 e. The minimum absolute atomic E-state index is 0.0635. The van der Waals surface area contributed by atoms with Gasteiger partial charge in [-0.3, -0.25) is 0 Å². The zero-order valence-corrected chi connectivity index (χ0v) is 9.18. The number of hydrogen-bond acceptors (Lipinski definition) is 16. The van der Waals surface area contributed by atoms with Crippen LogP contribution in [0, 0.1) is 0 Å². The van der Waals surface area contributed by atoms with Crippen LogP contribution in [0.25, 0.3) is 0 Å². The van der Waals surface area contributed by atoms with E-state index in [9.17, 15) is 0 Å². The fraction of sp³-hybridized carbons (Fsp3) is 1.00. The van der Waals surface area contributed by atoms with E-state index in [1.165, 1.54) is 0 Å². The lowest BCUT2D eigenvalue weighted by atomic mass is 10.5. The second-order valence-electron chi connectivity index (χ2n) is 1.98. The quantitative estimate of drug-likeness (QED) is 0.144. The first-order valence-corrected chi connectivity index (χ1v) is 4.13. The Morgan fingerprint density at radius 3 is 1.70 bits per heavy atom. The maximum atomic E-state index is 7.95. The highest BCUT2D eigenvalue weighted by molar-refractivity contribution is 4.25. The molecule has 3 N–H and O–H groups in total. The maximum Gasteiger partial charge on any atom is 0.164 e. The van der Waals surface area contributed by atoms with Gasteiger partial charge in [0.25, 0.3) is 0 Å². The van der Waals surface area contributed by atoms with Gasteiger partial charge in [-0.05, 0) is 60.9 Å². The molecular weight excluding hydrogens is 308 g/mol. The van der Waals surface area contributed by atoms with E-state index in [-0.39, 0.29) is 24.5 Å². The zero-order valence-electron chi connectivity index (χ0n) is 9.18. The summed E-state index contributed by atoms with van der Waals surface area (Å²) >= 11 is 0. The number of rotatable bonds is 16. The molecule has 20 heavy (non-hydrogen) atoms. The van der Waals surface area contributed by atoms with Crippen LogP contribution in [0.15, 0.2) is 0 Å². The van der Waals surface area contributed by atoms with Crippen LogP contribution in [-0.2, 0) is 70.0 Å². The molecule has 0 bridgehead atoms. The summed E-state index contributed by atoms with van der Waals surface area (Å²) in [6.45, 7) is -0.152. The third kappa shape index (κ3) is 17.3. The molecule has 0 spiro atoms. The second kappa shape index (κ2) is 16.4. The number of hydrogen-bond donors (Lipinski definition) is 3. The van der Waals surface area contributed by atoms with Gasteiger partial charge >= 0.3 is 0 Å². The molecule has 0 aliphatic carbocycles. The van der Waals surface area contributed by atoms with Crippen molar-refractivity contribution < 1.29 is 85.8 Å². The molecule has 0 aliphatic heterocycles. The van der Waals surface area contributed by atoms with Gasteiger partial charge in [-0.25, -0.2) is 10.1 Å². The molecule has 0 aromatic carbocycles. The fourth-order valence-corrected chi connectivity index (χ4v) is 0.399. The summed E-state index contributed by atoms with van der Waals surface area (Å²) in [6.07, 6.45) is 0.205. The Hall–Kier alpha value is -0.680. The standard InChI is InChI=1S/C3H8O17/c4-9-11-13-15-17-18-16-14-12-10-7-2-1-3-8-19-20(5)6/h5-6H,1-3H2/p+1. The monoisotopic (exact) mass is 317 g/mol. The zero-order chi connectivity index (χ0) is 14.9. The van der Waals surface area contributed by atoms with Gasteiger partial charge in [0, 0.05) is 6.42 Å². The van der Waals surface area contributed by atoms with Crippen molar-refractivity contribution in [2.45, 2.75) is 6.42 Å². The highest BCUT2D eigenvalue weighted by atomic mass is 18.0. The van der Waals surface area contributed by atoms with Gasteiger partial charge in [0.1, 0.15) is 0 Å². The molecule has 0 atom stereocenters. The molecule has 0 saturated heterocycles. The van der Waals surface area contributed by atoms with Crippen molar-refractivity contribution in [2.24, 2.45) is 0 Å². The van der Waals surface area contributed by atoms with Crippen molar-refractivity contribution >= 4 is 0 Å². The van der Waals surface area contributed by atoms with Crippen molar-refractivity contribution in [1.82, 2.24) is 0 Å². The molecule has 0 aliphatic rings. The lowest BCUT2D eigenvalue weighted by molar-refractivity contribution is -0.862. The highest BCUT2D eigenvalue weighted by Gasteiger charge is 2.04. The molecule has 122 valence electrons. The van der Waals surface area contributed by atoms with Gasteiger partial charge in [0.15, 0.2) is 9.86 Å². The van der Waals surface area contributed by atoms with Crippen molar-refractivity contribution in [2.75, 3.05) is 13.2 Å². The first kappa shape index (κ1) is 19.3. The minimum Gasteiger partial charge on any atom is -0.219 e. The molecule has 0 amide bonds.